The zero-order valence-corrected chi connectivity index (χ0v) is 18.9. The van der Waals surface area contributed by atoms with E-state index in [1.54, 1.807) is 6.26 Å². The second-order valence-corrected chi connectivity index (χ2v) is 8.35. The standard InChI is InChI=1S/C26H31N3O4/c1-2-15-31-20-22(30)17-28(18-23-12-9-16-32-23)19-24-25(21-10-5-3-6-11-21)27-33-26(24)29-13-7-4-8-14-29/h1,3,5-6,9-12,16,22,30H,4,7-8,13-15,17-20H2/t22-/m0/s1. The number of ether oxygens (including phenoxy) is 1. The lowest BCUT2D eigenvalue weighted by Crippen LogP contribution is -2.35. The van der Waals surface area contributed by atoms with E-state index in [4.69, 9.17) is 20.1 Å². The van der Waals surface area contributed by atoms with Crippen LogP contribution in [-0.2, 0) is 17.8 Å². The Morgan fingerprint density at radius 2 is 1.94 bits per heavy atom. The van der Waals surface area contributed by atoms with E-state index < -0.39 is 6.10 Å². The molecule has 0 unspecified atom stereocenters. The van der Waals surface area contributed by atoms with Gasteiger partial charge in [0.05, 0.1) is 31.1 Å². The van der Waals surface area contributed by atoms with Crippen molar-refractivity contribution in [3.05, 3.63) is 60.1 Å². The summed E-state index contributed by atoms with van der Waals surface area (Å²) < 4.78 is 16.9. The Hall–Kier alpha value is -3.05. The molecule has 1 aliphatic rings. The van der Waals surface area contributed by atoms with E-state index >= 15 is 0 Å². The number of nitrogens with zero attached hydrogens (tertiary/aromatic N) is 3. The van der Waals surface area contributed by atoms with Crippen LogP contribution < -0.4 is 4.90 Å². The summed E-state index contributed by atoms with van der Waals surface area (Å²) in [6, 6.07) is 13.9. The molecule has 0 radical (unpaired) electrons. The van der Waals surface area contributed by atoms with Crippen LogP contribution in [0, 0.1) is 12.3 Å². The minimum atomic E-state index is -0.688. The first kappa shape index (κ1) is 23.1. The summed E-state index contributed by atoms with van der Waals surface area (Å²) in [5, 5.41) is 15.1. The maximum absolute atomic E-state index is 10.6. The minimum Gasteiger partial charge on any atom is -0.468 e. The zero-order valence-electron chi connectivity index (χ0n) is 18.9. The van der Waals surface area contributed by atoms with Gasteiger partial charge >= 0.3 is 0 Å². The molecule has 0 spiro atoms. The first-order valence-electron chi connectivity index (χ1n) is 11.5. The van der Waals surface area contributed by atoms with Gasteiger partial charge in [-0.05, 0) is 31.4 Å². The van der Waals surface area contributed by atoms with Crippen molar-refractivity contribution in [2.24, 2.45) is 0 Å². The van der Waals surface area contributed by atoms with Gasteiger partial charge in [-0.15, -0.1) is 6.42 Å². The van der Waals surface area contributed by atoms with Gasteiger partial charge in [0.25, 0.3) is 0 Å². The van der Waals surface area contributed by atoms with Crippen LogP contribution in [0.5, 0.6) is 0 Å². The van der Waals surface area contributed by atoms with E-state index in [0.717, 1.165) is 54.4 Å². The van der Waals surface area contributed by atoms with Gasteiger partial charge in [0.2, 0.25) is 5.88 Å². The zero-order chi connectivity index (χ0) is 22.9. The topological polar surface area (TPSA) is 75.1 Å². The fourth-order valence-electron chi connectivity index (χ4n) is 4.25. The van der Waals surface area contributed by atoms with Crippen LogP contribution in [-0.4, -0.2) is 54.1 Å². The summed E-state index contributed by atoms with van der Waals surface area (Å²) in [6.07, 6.45) is 9.75. The first-order chi connectivity index (χ1) is 16.2. The van der Waals surface area contributed by atoms with Gasteiger partial charge in [-0.2, -0.15) is 0 Å². The highest BCUT2D eigenvalue weighted by Gasteiger charge is 2.26. The van der Waals surface area contributed by atoms with E-state index in [-0.39, 0.29) is 13.2 Å². The van der Waals surface area contributed by atoms with Crippen molar-refractivity contribution in [1.82, 2.24) is 10.1 Å². The van der Waals surface area contributed by atoms with Crippen LogP contribution in [0.15, 0.2) is 57.7 Å². The summed E-state index contributed by atoms with van der Waals surface area (Å²) in [5.41, 5.74) is 2.86. The number of piperidine rings is 1. The molecule has 0 bridgehead atoms. The number of hydrogen-bond donors (Lipinski definition) is 1. The fraction of sp³-hybridized carbons (Fsp3) is 0.423. The number of benzene rings is 1. The van der Waals surface area contributed by atoms with Gasteiger partial charge in [-0.3, -0.25) is 4.90 Å². The highest BCUT2D eigenvalue weighted by molar-refractivity contribution is 5.68. The number of hydrogen-bond acceptors (Lipinski definition) is 7. The van der Waals surface area contributed by atoms with E-state index in [9.17, 15) is 5.11 Å². The first-order valence-corrected chi connectivity index (χ1v) is 11.5. The van der Waals surface area contributed by atoms with Crippen LogP contribution in [0.3, 0.4) is 0 Å². The third-order valence-corrected chi connectivity index (χ3v) is 5.76. The number of rotatable bonds is 11. The number of anilines is 1. The molecular formula is C26H31N3O4. The second kappa shape index (κ2) is 11.7. The summed E-state index contributed by atoms with van der Waals surface area (Å²) >= 11 is 0. The molecule has 1 aliphatic heterocycles. The molecule has 174 valence electrons. The van der Waals surface area contributed by atoms with Crippen molar-refractivity contribution in [2.45, 2.75) is 38.5 Å². The number of aliphatic hydroxyl groups excluding tert-OH is 1. The molecule has 7 heteroatoms. The Kier molecular flexibility index (Phi) is 8.20. The van der Waals surface area contributed by atoms with Crippen molar-refractivity contribution < 1.29 is 18.8 Å². The number of terminal acetylenes is 1. The molecule has 1 atom stereocenters. The van der Waals surface area contributed by atoms with Crippen molar-refractivity contribution >= 4 is 5.88 Å². The molecule has 2 aromatic heterocycles. The molecule has 1 N–H and O–H groups in total. The smallest absolute Gasteiger partial charge is 0.232 e. The minimum absolute atomic E-state index is 0.174. The molecule has 33 heavy (non-hydrogen) atoms. The molecule has 0 aliphatic carbocycles. The Bertz CT molecular complexity index is 1000. The van der Waals surface area contributed by atoms with Crippen LogP contribution in [0.2, 0.25) is 0 Å². The molecule has 0 amide bonds. The Balaban J connectivity index is 1.61. The summed E-state index contributed by atoms with van der Waals surface area (Å²) in [7, 11) is 0. The van der Waals surface area contributed by atoms with Gasteiger partial charge in [-0.1, -0.05) is 41.4 Å². The van der Waals surface area contributed by atoms with E-state index in [1.807, 2.05) is 42.5 Å². The number of furan rings is 1. The van der Waals surface area contributed by atoms with Gasteiger partial charge in [0.1, 0.15) is 18.1 Å². The van der Waals surface area contributed by atoms with Gasteiger partial charge in [-0.25, -0.2) is 0 Å². The average molecular weight is 450 g/mol. The lowest BCUT2D eigenvalue weighted by atomic mass is 10.1. The van der Waals surface area contributed by atoms with E-state index in [1.165, 1.54) is 6.42 Å². The lowest BCUT2D eigenvalue weighted by molar-refractivity contribution is 0.0230. The van der Waals surface area contributed by atoms with Crippen LogP contribution in [0.1, 0.15) is 30.6 Å². The van der Waals surface area contributed by atoms with Crippen molar-refractivity contribution in [1.29, 1.82) is 0 Å². The largest absolute Gasteiger partial charge is 0.468 e. The van der Waals surface area contributed by atoms with Gasteiger partial charge in [0.15, 0.2) is 0 Å². The number of aliphatic hydroxyl groups is 1. The quantitative estimate of drug-likeness (QED) is 0.351. The highest BCUT2D eigenvalue weighted by Crippen LogP contribution is 2.34. The maximum atomic E-state index is 10.6. The normalized spacial score (nSPS) is 15.0. The van der Waals surface area contributed by atoms with Crippen molar-refractivity contribution in [2.75, 3.05) is 37.7 Å². The van der Waals surface area contributed by atoms with Crippen LogP contribution in [0.4, 0.5) is 5.88 Å². The van der Waals surface area contributed by atoms with E-state index in [0.29, 0.717) is 19.6 Å². The lowest BCUT2D eigenvalue weighted by Gasteiger charge is -2.28. The molecule has 1 saturated heterocycles. The Morgan fingerprint density at radius 3 is 2.67 bits per heavy atom. The fourth-order valence-corrected chi connectivity index (χ4v) is 4.25. The maximum Gasteiger partial charge on any atom is 0.232 e. The monoisotopic (exact) mass is 449 g/mol. The SMILES string of the molecule is C#CCOC[C@@H](O)CN(Cc1ccco1)Cc1c(-c2ccccc2)noc1N1CCCCC1. The third kappa shape index (κ3) is 6.26. The molecule has 1 fully saturated rings. The molecular weight excluding hydrogens is 418 g/mol. The van der Waals surface area contributed by atoms with Gasteiger partial charge in [0, 0.05) is 31.7 Å². The van der Waals surface area contributed by atoms with Crippen LogP contribution >= 0.6 is 0 Å². The average Bonchev–Trinajstić information content (AvgIpc) is 3.50. The molecule has 1 aromatic carbocycles. The number of aromatic nitrogens is 1. The molecule has 7 nitrogen and oxygen atoms in total. The predicted octanol–water partition coefficient (Wildman–Crippen LogP) is 3.94. The molecule has 3 heterocycles. The molecule has 0 saturated carbocycles. The molecule has 4 rings (SSSR count). The Labute approximate surface area is 194 Å². The Morgan fingerprint density at radius 1 is 1.12 bits per heavy atom. The highest BCUT2D eigenvalue weighted by atomic mass is 16.5. The predicted molar refractivity (Wildman–Crippen MR) is 126 cm³/mol. The third-order valence-electron chi connectivity index (χ3n) is 5.76. The van der Waals surface area contributed by atoms with Gasteiger partial charge < -0.3 is 23.7 Å². The van der Waals surface area contributed by atoms with Crippen molar-refractivity contribution in [3.8, 4) is 23.6 Å². The van der Waals surface area contributed by atoms with Crippen molar-refractivity contribution in [3.63, 3.8) is 0 Å². The molecule has 3 aromatic rings. The second-order valence-electron chi connectivity index (χ2n) is 8.35. The van der Waals surface area contributed by atoms with E-state index in [2.05, 4.69) is 20.9 Å². The van der Waals surface area contributed by atoms with Crippen LogP contribution in [0.25, 0.3) is 11.3 Å². The summed E-state index contributed by atoms with van der Waals surface area (Å²) in [6.45, 7) is 3.74. The summed E-state index contributed by atoms with van der Waals surface area (Å²) in [5.74, 6) is 4.07. The summed E-state index contributed by atoms with van der Waals surface area (Å²) in [4.78, 5) is 4.42.